The van der Waals surface area contributed by atoms with Crippen LogP contribution in [0.5, 0.6) is 17.2 Å². The van der Waals surface area contributed by atoms with E-state index in [1.807, 2.05) is 0 Å². The summed E-state index contributed by atoms with van der Waals surface area (Å²) in [5.41, 5.74) is -0.601. The maximum Gasteiger partial charge on any atom is 0.308 e. The Morgan fingerprint density at radius 3 is 2.42 bits per heavy atom. The van der Waals surface area contributed by atoms with Gasteiger partial charge in [-0.1, -0.05) is 0 Å². The number of hydrogen-bond acceptors (Lipinski definition) is 4. The first kappa shape index (κ1) is 17.7. The van der Waals surface area contributed by atoms with E-state index in [9.17, 15) is 23.1 Å². The van der Waals surface area contributed by atoms with E-state index in [-0.39, 0.29) is 22.6 Å². The zero-order valence-electron chi connectivity index (χ0n) is 13.2. The van der Waals surface area contributed by atoms with Crippen LogP contribution in [0, 0.1) is 18.6 Å². The Hall–Kier alpha value is -2.70. The Bertz CT molecular complexity index is 767. The van der Waals surface area contributed by atoms with Crippen molar-refractivity contribution >= 4 is 5.97 Å². The van der Waals surface area contributed by atoms with E-state index >= 15 is 0 Å². The van der Waals surface area contributed by atoms with Gasteiger partial charge < -0.3 is 14.6 Å². The van der Waals surface area contributed by atoms with Gasteiger partial charge in [0.25, 0.3) is 0 Å². The molecule has 2 aromatic carbocycles. The van der Waals surface area contributed by atoms with E-state index in [4.69, 9.17) is 4.74 Å². The van der Waals surface area contributed by atoms with Crippen LogP contribution in [0.25, 0.3) is 0 Å². The fourth-order valence-corrected chi connectivity index (χ4v) is 2.36. The van der Waals surface area contributed by atoms with Crippen LogP contribution in [0.1, 0.15) is 29.8 Å². The molecule has 1 N–H and O–H groups in total. The van der Waals surface area contributed by atoms with Crippen LogP contribution in [0.3, 0.4) is 0 Å². The van der Waals surface area contributed by atoms with E-state index in [1.54, 1.807) is 0 Å². The smallest absolute Gasteiger partial charge is 0.308 e. The van der Waals surface area contributed by atoms with Crippen LogP contribution in [0.4, 0.5) is 13.2 Å². The third kappa shape index (κ3) is 3.29. The molecule has 128 valence electrons. The number of hydrogen-bond donors (Lipinski definition) is 1. The van der Waals surface area contributed by atoms with Crippen LogP contribution in [0.2, 0.25) is 0 Å². The maximum atomic E-state index is 14.7. The summed E-state index contributed by atoms with van der Waals surface area (Å²) in [5, 5.41) is 10.0. The van der Waals surface area contributed by atoms with Gasteiger partial charge in [0.2, 0.25) is 5.82 Å². The average Bonchev–Trinajstić information content (AvgIpc) is 2.48. The second-order valence-corrected chi connectivity index (χ2v) is 5.11. The topological polar surface area (TPSA) is 55.8 Å². The van der Waals surface area contributed by atoms with Crippen LogP contribution >= 0.6 is 0 Å². The van der Waals surface area contributed by atoms with Gasteiger partial charge in [-0.25, -0.2) is 8.78 Å². The monoisotopic (exact) mass is 340 g/mol. The lowest BCUT2D eigenvalue weighted by atomic mass is 9.96. The third-order valence-electron chi connectivity index (χ3n) is 3.42. The fourth-order valence-electron chi connectivity index (χ4n) is 2.36. The number of phenols is 1. The van der Waals surface area contributed by atoms with Crippen molar-refractivity contribution < 1.29 is 32.5 Å². The van der Waals surface area contributed by atoms with Gasteiger partial charge in [-0.2, -0.15) is 4.39 Å². The zero-order chi connectivity index (χ0) is 18.0. The van der Waals surface area contributed by atoms with Gasteiger partial charge in [-0.15, -0.1) is 0 Å². The normalized spacial score (nSPS) is 11.9. The molecule has 2 rings (SSSR count). The Morgan fingerprint density at radius 1 is 1.21 bits per heavy atom. The van der Waals surface area contributed by atoms with E-state index in [1.165, 1.54) is 19.9 Å². The number of halogens is 3. The van der Waals surface area contributed by atoms with Crippen molar-refractivity contribution in [1.29, 1.82) is 0 Å². The number of esters is 1. The Morgan fingerprint density at radius 2 is 1.88 bits per heavy atom. The highest BCUT2D eigenvalue weighted by Gasteiger charge is 2.26. The van der Waals surface area contributed by atoms with Crippen molar-refractivity contribution in [2.75, 3.05) is 7.11 Å². The number of methoxy groups -OCH3 is 1. The van der Waals surface area contributed by atoms with Crippen molar-refractivity contribution in [3.05, 3.63) is 52.6 Å². The van der Waals surface area contributed by atoms with Crippen molar-refractivity contribution in [2.45, 2.75) is 20.0 Å². The molecule has 0 fully saturated rings. The molecule has 4 nitrogen and oxygen atoms in total. The first-order valence-electron chi connectivity index (χ1n) is 6.94. The molecule has 2 aromatic rings. The predicted molar refractivity (Wildman–Crippen MR) is 80.0 cm³/mol. The highest BCUT2D eigenvalue weighted by atomic mass is 19.2. The van der Waals surface area contributed by atoms with E-state index in [2.05, 4.69) is 4.74 Å². The standard InChI is InChI=1S/C17H15F3O4/c1-8-6-10(24-9(2)21)7-12(22)14(8)15(18)11-4-5-13(23-3)17(20)16(11)19/h4-7,15,22H,1-3H3. The number of aryl methyl sites for hydroxylation is 1. The Balaban J connectivity index is 2.49. The lowest BCUT2D eigenvalue weighted by molar-refractivity contribution is -0.131. The molecule has 0 saturated carbocycles. The minimum Gasteiger partial charge on any atom is -0.507 e. The SMILES string of the molecule is COc1ccc(C(F)c2c(C)cc(OC(C)=O)cc2O)c(F)c1F. The number of rotatable bonds is 4. The molecule has 0 aliphatic heterocycles. The van der Waals surface area contributed by atoms with Crippen LogP contribution < -0.4 is 9.47 Å². The second kappa shape index (κ2) is 6.82. The second-order valence-electron chi connectivity index (χ2n) is 5.11. The molecule has 0 radical (unpaired) electrons. The summed E-state index contributed by atoms with van der Waals surface area (Å²) in [6.07, 6.45) is -2.11. The molecule has 0 heterocycles. The molecule has 0 spiro atoms. The maximum absolute atomic E-state index is 14.7. The summed E-state index contributed by atoms with van der Waals surface area (Å²) in [7, 11) is 1.16. The number of carbonyl (C=O) groups is 1. The minimum absolute atomic E-state index is 0.0230. The summed E-state index contributed by atoms with van der Waals surface area (Å²) >= 11 is 0. The molecule has 0 bridgehead atoms. The minimum atomic E-state index is -2.11. The Kier molecular flexibility index (Phi) is 5.02. The lowest BCUT2D eigenvalue weighted by Gasteiger charge is -2.16. The van der Waals surface area contributed by atoms with Crippen LogP contribution in [-0.4, -0.2) is 18.2 Å². The van der Waals surface area contributed by atoms with Crippen molar-refractivity contribution in [3.8, 4) is 17.2 Å². The zero-order valence-corrected chi connectivity index (χ0v) is 13.2. The van der Waals surface area contributed by atoms with Gasteiger partial charge >= 0.3 is 5.97 Å². The molecule has 0 amide bonds. The molecule has 0 aliphatic rings. The summed E-state index contributed by atoms with van der Waals surface area (Å²) in [6.45, 7) is 2.63. The van der Waals surface area contributed by atoms with Gasteiger partial charge in [0.15, 0.2) is 17.7 Å². The van der Waals surface area contributed by atoms with Gasteiger partial charge in [0.1, 0.15) is 11.5 Å². The summed E-state index contributed by atoms with van der Waals surface area (Å²) in [6, 6.07) is 4.50. The number of phenolic OH excluding ortho intramolecular Hbond substituents is 1. The summed E-state index contributed by atoms with van der Waals surface area (Å²) in [5.74, 6) is -4.18. The summed E-state index contributed by atoms with van der Waals surface area (Å²) < 4.78 is 52.0. The first-order chi connectivity index (χ1) is 11.3. The molecular formula is C17H15F3O4. The first-order valence-corrected chi connectivity index (χ1v) is 6.94. The lowest BCUT2D eigenvalue weighted by Crippen LogP contribution is -2.06. The van der Waals surface area contributed by atoms with Gasteiger partial charge in [-0.05, 0) is 30.7 Å². The van der Waals surface area contributed by atoms with E-state index < -0.39 is 35.1 Å². The molecule has 1 atom stereocenters. The fraction of sp³-hybridized carbons (Fsp3) is 0.235. The molecule has 0 saturated heterocycles. The molecule has 1 unspecified atom stereocenters. The predicted octanol–water partition coefficient (Wildman–Crippen LogP) is 3.97. The van der Waals surface area contributed by atoms with Crippen molar-refractivity contribution in [1.82, 2.24) is 0 Å². The van der Waals surface area contributed by atoms with Gasteiger partial charge in [0, 0.05) is 24.1 Å². The van der Waals surface area contributed by atoms with E-state index in [0.717, 1.165) is 25.3 Å². The number of alkyl halides is 1. The average molecular weight is 340 g/mol. The largest absolute Gasteiger partial charge is 0.507 e. The molecule has 7 heteroatoms. The van der Waals surface area contributed by atoms with E-state index in [0.29, 0.717) is 0 Å². The Labute approximate surface area is 136 Å². The highest BCUT2D eigenvalue weighted by Crippen LogP contribution is 2.39. The number of aromatic hydroxyl groups is 1. The molecule has 0 aliphatic carbocycles. The van der Waals surface area contributed by atoms with Gasteiger partial charge in [-0.3, -0.25) is 4.79 Å². The molecular weight excluding hydrogens is 325 g/mol. The van der Waals surface area contributed by atoms with Crippen LogP contribution in [0.15, 0.2) is 24.3 Å². The van der Waals surface area contributed by atoms with Crippen LogP contribution in [-0.2, 0) is 4.79 Å². The highest BCUT2D eigenvalue weighted by molar-refractivity contribution is 5.69. The number of carbonyl (C=O) groups excluding carboxylic acids is 1. The molecule has 0 aromatic heterocycles. The van der Waals surface area contributed by atoms with Crippen molar-refractivity contribution in [2.24, 2.45) is 0 Å². The summed E-state index contributed by atoms with van der Waals surface area (Å²) in [4.78, 5) is 10.9. The number of benzene rings is 2. The molecule has 24 heavy (non-hydrogen) atoms. The number of ether oxygens (including phenoxy) is 2. The third-order valence-corrected chi connectivity index (χ3v) is 3.42. The van der Waals surface area contributed by atoms with Gasteiger partial charge in [0.05, 0.1) is 7.11 Å². The van der Waals surface area contributed by atoms with Crippen molar-refractivity contribution in [3.63, 3.8) is 0 Å². The quantitative estimate of drug-likeness (QED) is 0.676.